The summed E-state index contributed by atoms with van der Waals surface area (Å²) in [6, 6.07) is 7.67. The second kappa shape index (κ2) is 9.47. The lowest BCUT2D eigenvalue weighted by Crippen LogP contribution is -2.55. The Morgan fingerprint density at radius 2 is 1.86 bits per heavy atom. The van der Waals surface area contributed by atoms with Gasteiger partial charge >= 0.3 is 11.9 Å². The number of ether oxygens (including phenoxy) is 2. The zero-order chi connectivity index (χ0) is 25.4. The van der Waals surface area contributed by atoms with Gasteiger partial charge in [-0.15, -0.1) is 11.3 Å². The second-order valence-corrected chi connectivity index (χ2v) is 10.9. The highest BCUT2D eigenvalue weighted by Crippen LogP contribution is 2.45. The summed E-state index contributed by atoms with van der Waals surface area (Å²) in [4.78, 5) is 42.1. The predicted octanol–water partition coefficient (Wildman–Crippen LogP) is 4.29. The molecule has 0 unspecified atom stereocenters. The fourth-order valence-corrected chi connectivity index (χ4v) is 6.11. The number of fused-ring (bicyclic) bond motifs is 2. The molecule has 0 spiro atoms. The summed E-state index contributed by atoms with van der Waals surface area (Å²) in [5, 5.41) is 7.74. The number of aromatic amines is 1. The lowest BCUT2D eigenvalue weighted by molar-refractivity contribution is -0.146. The number of rotatable bonds is 7. The van der Waals surface area contributed by atoms with E-state index in [0.29, 0.717) is 17.0 Å². The highest BCUT2D eigenvalue weighted by atomic mass is 32.1. The summed E-state index contributed by atoms with van der Waals surface area (Å²) in [6.45, 7) is 9.79. The van der Waals surface area contributed by atoms with Crippen LogP contribution in [0, 0.1) is 0 Å². The minimum Gasteiger partial charge on any atom is -0.462 e. The van der Waals surface area contributed by atoms with Gasteiger partial charge in [0.1, 0.15) is 5.00 Å². The summed E-state index contributed by atoms with van der Waals surface area (Å²) < 4.78 is 10.5. The number of anilines is 1. The molecule has 4 rings (SSSR count). The number of para-hydroxylation sites is 1. The van der Waals surface area contributed by atoms with Crippen molar-refractivity contribution in [3.05, 3.63) is 52.0 Å². The first-order chi connectivity index (χ1) is 16.5. The third-order valence-corrected chi connectivity index (χ3v) is 7.42. The number of benzene rings is 1. The molecular formula is C26H31N3O5S. The Morgan fingerprint density at radius 3 is 2.60 bits per heavy atom. The van der Waals surface area contributed by atoms with Crippen LogP contribution in [0.1, 0.15) is 61.0 Å². The smallest absolute Gasteiger partial charge is 0.341 e. The van der Waals surface area contributed by atoms with Crippen molar-refractivity contribution in [2.24, 2.45) is 0 Å². The number of esters is 2. The van der Waals surface area contributed by atoms with E-state index in [1.54, 1.807) is 13.1 Å². The van der Waals surface area contributed by atoms with Crippen molar-refractivity contribution in [2.45, 2.75) is 58.5 Å². The zero-order valence-corrected chi connectivity index (χ0v) is 21.5. The Balaban J connectivity index is 1.48. The number of carbonyl (C=O) groups excluding carboxylic acids is 3. The maximum absolute atomic E-state index is 12.9. The molecule has 3 N–H and O–H groups in total. The average molecular weight is 498 g/mol. The molecule has 1 aliphatic heterocycles. The Kier molecular flexibility index (Phi) is 6.75. The van der Waals surface area contributed by atoms with Gasteiger partial charge in [0.15, 0.2) is 6.61 Å². The standard InChI is InChI=1S/C26H31N3O5S/c1-6-33-24(32)21-17-12-25(2,3)29-26(4,5)22(17)35-23(21)28-19(30)14-34-20(31)11-15-13-27-18-10-8-7-9-16(15)18/h7-10,13,27,29H,6,11-12,14H2,1-5H3,(H,28,30). The van der Waals surface area contributed by atoms with E-state index < -0.39 is 30.0 Å². The van der Waals surface area contributed by atoms with Crippen LogP contribution < -0.4 is 10.6 Å². The fraction of sp³-hybridized carbons (Fsp3) is 0.423. The number of carbonyl (C=O) groups is 3. The summed E-state index contributed by atoms with van der Waals surface area (Å²) in [5.74, 6) is -1.48. The van der Waals surface area contributed by atoms with E-state index in [4.69, 9.17) is 9.47 Å². The number of H-pyrrole nitrogens is 1. The minimum atomic E-state index is -0.508. The molecule has 3 heterocycles. The molecule has 0 atom stereocenters. The molecule has 8 nitrogen and oxygen atoms in total. The molecule has 0 saturated carbocycles. The van der Waals surface area contributed by atoms with E-state index in [9.17, 15) is 14.4 Å². The fourth-order valence-electron chi connectivity index (χ4n) is 4.83. The van der Waals surface area contributed by atoms with Crippen LogP contribution in [0.25, 0.3) is 10.9 Å². The third kappa shape index (κ3) is 5.26. The molecule has 35 heavy (non-hydrogen) atoms. The molecule has 0 saturated heterocycles. The van der Waals surface area contributed by atoms with E-state index in [1.165, 1.54) is 11.3 Å². The molecule has 186 valence electrons. The summed E-state index contributed by atoms with van der Waals surface area (Å²) in [7, 11) is 0. The van der Waals surface area contributed by atoms with E-state index in [2.05, 4.69) is 43.3 Å². The zero-order valence-electron chi connectivity index (χ0n) is 20.7. The van der Waals surface area contributed by atoms with Crippen LogP contribution in [-0.4, -0.2) is 41.6 Å². The number of nitrogens with one attached hydrogen (secondary N) is 3. The van der Waals surface area contributed by atoms with Gasteiger partial charge in [0.25, 0.3) is 5.91 Å². The molecule has 1 aliphatic rings. The summed E-state index contributed by atoms with van der Waals surface area (Å²) in [6.07, 6.45) is 2.44. The van der Waals surface area contributed by atoms with Crippen molar-refractivity contribution < 1.29 is 23.9 Å². The molecule has 1 amide bonds. The topological polar surface area (TPSA) is 110 Å². The SMILES string of the molecule is CCOC(=O)c1c(NC(=O)COC(=O)Cc2c[nH]c3ccccc23)sc2c1CC(C)(C)NC2(C)C. The maximum Gasteiger partial charge on any atom is 0.341 e. The van der Waals surface area contributed by atoms with E-state index in [0.717, 1.165) is 26.9 Å². The predicted molar refractivity (Wildman–Crippen MR) is 136 cm³/mol. The van der Waals surface area contributed by atoms with Crippen molar-refractivity contribution in [3.63, 3.8) is 0 Å². The molecule has 9 heteroatoms. The number of thiophene rings is 1. The van der Waals surface area contributed by atoms with E-state index in [1.807, 2.05) is 24.3 Å². The lowest BCUT2D eigenvalue weighted by Gasteiger charge is -2.42. The molecule has 0 bridgehead atoms. The van der Waals surface area contributed by atoms with Gasteiger partial charge in [0.05, 0.1) is 18.6 Å². The lowest BCUT2D eigenvalue weighted by atomic mass is 9.81. The van der Waals surface area contributed by atoms with Crippen molar-refractivity contribution in [3.8, 4) is 0 Å². The largest absolute Gasteiger partial charge is 0.462 e. The van der Waals surface area contributed by atoms with Crippen molar-refractivity contribution in [1.82, 2.24) is 10.3 Å². The minimum absolute atomic E-state index is 0.0492. The van der Waals surface area contributed by atoms with Crippen LogP contribution in [0.3, 0.4) is 0 Å². The van der Waals surface area contributed by atoms with Crippen molar-refractivity contribution in [2.75, 3.05) is 18.5 Å². The number of hydrogen-bond acceptors (Lipinski definition) is 7. The normalized spacial score (nSPS) is 15.9. The summed E-state index contributed by atoms with van der Waals surface area (Å²) >= 11 is 1.35. The Bertz CT molecular complexity index is 1290. The van der Waals surface area contributed by atoms with E-state index in [-0.39, 0.29) is 18.6 Å². The van der Waals surface area contributed by atoms with Gasteiger partial charge in [0, 0.05) is 33.1 Å². The highest BCUT2D eigenvalue weighted by Gasteiger charge is 2.42. The molecule has 0 radical (unpaired) electrons. The first-order valence-corrected chi connectivity index (χ1v) is 12.5. The molecule has 1 aromatic carbocycles. The van der Waals surface area contributed by atoms with Gasteiger partial charge < -0.3 is 25.1 Å². The van der Waals surface area contributed by atoms with Gasteiger partial charge in [-0.1, -0.05) is 18.2 Å². The Labute approximate surface area is 208 Å². The Hall–Kier alpha value is -3.17. The van der Waals surface area contributed by atoms with Crippen molar-refractivity contribution >= 4 is 45.1 Å². The maximum atomic E-state index is 12.9. The summed E-state index contributed by atoms with van der Waals surface area (Å²) in [5.41, 5.74) is 2.37. The van der Waals surface area contributed by atoms with Gasteiger partial charge in [-0.3, -0.25) is 9.59 Å². The molecule has 0 aliphatic carbocycles. The van der Waals surface area contributed by atoms with Crippen LogP contribution in [-0.2, 0) is 37.4 Å². The first-order valence-electron chi connectivity index (χ1n) is 11.6. The molecule has 2 aromatic heterocycles. The third-order valence-electron chi connectivity index (χ3n) is 5.95. The van der Waals surface area contributed by atoms with Gasteiger partial charge in [0.2, 0.25) is 0 Å². The molecular weight excluding hydrogens is 466 g/mol. The quantitative estimate of drug-likeness (QED) is 0.420. The highest BCUT2D eigenvalue weighted by molar-refractivity contribution is 7.17. The second-order valence-electron chi connectivity index (χ2n) is 9.89. The molecule has 3 aromatic rings. The van der Waals surface area contributed by atoms with Crippen LogP contribution in [0.4, 0.5) is 5.00 Å². The van der Waals surface area contributed by atoms with Gasteiger partial charge in [-0.2, -0.15) is 0 Å². The average Bonchev–Trinajstić information content (AvgIpc) is 3.33. The van der Waals surface area contributed by atoms with E-state index >= 15 is 0 Å². The van der Waals surface area contributed by atoms with Crippen LogP contribution in [0.15, 0.2) is 30.5 Å². The number of hydrogen-bond donors (Lipinski definition) is 3. The van der Waals surface area contributed by atoms with Crippen LogP contribution >= 0.6 is 11.3 Å². The van der Waals surface area contributed by atoms with Crippen molar-refractivity contribution in [1.29, 1.82) is 0 Å². The van der Waals surface area contributed by atoms with Crippen LogP contribution in [0.2, 0.25) is 0 Å². The monoisotopic (exact) mass is 497 g/mol. The molecule has 0 fully saturated rings. The first kappa shape index (κ1) is 24.9. The number of aromatic nitrogens is 1. The van der Waals surface area contributed by atoms with Crippen LogP contribution in [0.5, 0.6) is 0 Å². The number of amides is 1. The van der Waals surface area contributed by atoms with Gasteiger partial charge in [-0.05, 0) is 58.2 Å². The van der Waals surface area contributed by atoms with Gasteiger partial charge in [-0.25, -0.2) is 4.79 Å². The Morgan fingerprint density at radius 1 is 1.11 bits per heavy atom.